The number of aromatic nitrogens is 1. The van der Waals surface area contributed by atoms with Crippen LogP contribution in [0.5, 0.6) is 0 Å². The summed E-state index contributed by atoms with van der Waals surface area (Å²) >= 11 is 0. The van der Waals surface area contributed by atoms with E-state index in [0.29, 0.717) is 22.3 Å². The zero-order valence-electron chi connectivity index (χ0n) is 10.9. The van der Waals surface area contributed by atoms with E-state index in [9.17, 15) is 13.6 Å². The van der Waals surface area contributed by atoms with Crippen LogP contribution in [0.2, 0.25) is 0 Å². The van der Waals surface area contributed by atoms with Crippen molar-refractivity contribution in [1.82, 2.24) is 4.98 Å². The number of aromatic amines is 1. The van der Waals surface area contributed by atoms with Gasteiger partial charge in [-0.2, -0.15) is 0 Å². The summed E-state index contributed by atoms with van der Waals surface area (Å²) in [6.07, 6.45) is 3.16. The van der Waals surface area contributed by atoms with E-state index in [2.05, 4.69) is 4.98 Å². The lowest BCUT2D eigenvalue weighted by molar-refractivity contribution is 0.103. The van der Waals surface area contributed by atoms with Crippen molar-refractivity contribution in [1.29, 1.82) is 0 Å². The van der Waals surface area contributed by atoms with E-state index in [-0.39, 0.29) is 5.78 Å². The quantitative estimate of drug-likeness (QED) is 0.718. The molecule has 0 spiro atoms. The first-order valence-electron chi connectivity index (χ1n) is 6.39. The van der Waals surface area contributed by atoms with Crippen LogP contribution in [-0.4, -0.2) is 10.8 Å². The molecule has 0 radical (unpaired) electrons. The van der Waals surface area contributed by atoms with E-state index < -0.39 is 11.6 Å². The lowest BCUT2D eigenvalue weighted by Crippen LogP contribution is -2.01. The molecule has 21 heavy (non-hydrogen) atoms. The highest BCUT2D eigenvalue weighted by molar-refractivity contribution is 6.12. The smallest absolute Gasteiger partial charge is 0.195 e. The van der Waals surface area contributed by atoms with Crippen LogP contribution in [0.4, 0.5) is 8.78 Å². The van der Waals surface area contributed by atoms with Crippen LogP contribution >= 0.6 is 0 Å². The van der Waals surface area contributed by atoms with E-state index in [1.54, 1.807) is 36.7 Å². The van der Waals surface area contributed by atoms with Crippen LogP contribution in [0, 0.1) is 11.6 Å². The number of hydrogen-bond acceptors (Lipinski definition) is 1. The first-order chi connectivity index (χ1) is 10.2. The molecule has 0 aliphatic rings. The van der Waals surface area contributed by atoms with Gasteiger partial charge in [-0.1, -0.05) is 36.4 Å². The Morgan fingerprint density at radius 3 is 2.38 bits per heavy atom. The Hall–Kier alpha value is -2.75. The molecule has 0 fully saturated rings. The largest absolute Gasteiger partial charge is 0.366 e. The van der Waals surface area contributed by atoms with Crippen molar-refractivity contribution in [3.8, 4) is 11.1 Å². The van der Waals surface area contributed by atoms with Crippen molar-refractivity contribution < 1.29 is 13.6 Å². The number of carbonyl (C=O) groups is 1. The van der Waals surface area contributed by atoms with Gasteiger partial charge >= 0.3 is 0 Å². The van der Waals surface area contributed by atoms with Crippen molar-refractivity contribution >= 4 is 5.78 Å². The second-order valence-electron chi connectivity index (χ2n) is 4.61. The topological polar surface area (TPSA) is 32.9 Å². The van der Waals surface area contributed by atoms with Crippen LogP contribution in [0.3, 0.4) is 0 Å². The first kappa shape index (κ1) is 13.2. The molecule has 0 saturated carbocycles. The zero-order valence-corrected chi connectivity index (χ0v) is 10.9. The van der Waals surface area contributed by atoms with Crippen molar-refractivity contribution in [2.45, 2.75) is 0 Å². The average Bonchev–Trinajstić information content (AvgIpc) is 2.99. The van der Waals surface area contributed by atoms with Gasteiger partial charge in [-0.25, -0.2) is 8.78 Å². The van der Waals surface area contributed by atoms with Gasteiger partial charge in [-0.15, -0.1) is 0 Å². The summed E-state index contributed by atoms with van der Waals surface area (Å²) in [6, 6.07) is 12.4. The molecular formula is C17H11F2NO. The summed E-state index contributed by atoms with van der Waals surface area (Å²) in [5, 5.41) is 0. The predicted molar refractivity (Wildman–Crippen MR) is 76.0 cm³/mol. The minimum Gasteiger partial charge on any atom is -0.366 e. The van der Waals surface area contributed by atoms with E-state index in [0.717, 1.165) is 12.1 Å². The molecule has 2 aromatic carbocycles. The van der Waals surface area contributed by atoms with Crippen LogP contribution < -0.4 is 0 Å². The average molecular weight is 283 g/mol. The molecule has 1 N–H and O–H groups in total. The third kappa shape index (κ3) is 2.48. The van der Waals surface area contributed by atoms with Gasteiger partial charge in [-0.05, 0) is 17.7 Å². The van der Waals surface area contributed by atoms with E-state index >= 15 is 0 Å². The van der Waals surface area contributed by atoms with Gasteiger partial charge in [0.1, 0.15) is 0 Å². The van der Waals surface area contributed by atoms with Crippen LogP contribution in [0.1, 0.15) is 15.9 Å². The second kappa shape index (κ2) is 5.32. The fraction of sp³-hybridized carbons (Fsp3) is 0. The monoisotopic (exact) mass is 283 g/mol. The van der Waals surface area contributed by atoms with Gasteiger partial charge < -0.3 is 4.98 Å². The Morgan fingerprint density at radius 2 is 1.67 bits per heavy atom. The fourth-order valence-corrected chi connectivity index (χ4v) is 2.20. The van der Waals surface area contributed by atoms with Gasteiger partial charge in [-0.3, -0.25) is 4.79 Å². The van der Waals surface area contributed by atoms with Crippen LogP contribution in [-0.2, 0) is 0 Å². The highest BCUT2D eigenvalue weighted by atomic mass is 19.2. The number of halogens is 2. The molecule has 3 rings (SSSR count). The van der Waals surface area contributed by atoms with Crippen molar-refractivity contribution in [2.75, 3.05) is 0 Å². The Morgan fingerprint density at radius 1 is 0.905 bits per heavy atom. The maximum absolute atomic E-state index is 13.4. The summed E-state index contributed by atoms with van der Waals surface area (Å²) in [4.78, 5) is 15.3. The standard InChI is InChI=1S/C17H11F2NO/c18-15-7-6-12(8-16(15)19)13-9-20-10-14(13)17(21)11-4-2-1-3-5-11/h1-10,20H. The third-order valence-electron chi connectivity index (χ3n) is 3.26. The molecule has 0 bridgehead atoms. The molecular weight excluding hydrogens is 272 g/mol. The molecule has 0 unspecified atom stereocenters. The first-order valence-corrected chi connectivity index (χ1v) is 6.39. The van der Waals surface area contributed by atoms with Crippen LogP contribution in [0.25, 0.3) is 11.1 Å². The number of rotatable bonds is 3. The lowest BCUT2D eigenvalue weighted by Gasteiger charge is -2.04. The summed E-state index contributed by atoms with van der Waals surface area (Å²) in [6.45, 7) is 0. The third-order valence-corrected chi connectivity index (χ3v) is 3.26. The SMILES string of the molecule is O=C(c1ccccc1)c1c[nH]cc1-c1ccc(F)c(F)c1. The van der Waals surface area contributed by atoms with Crippen molar-refractivity contribution in [3.05, 3.63) is 83.7 Å². The Bertz CT molecular complexity index is 794. The van der Waals surface area contributed by atoms with E-state index in [4.69, 9.17) is 0 Å². The molecule has 4 heteroatoms. The molecule has 0 atom stereocenters. The second-order valence-corrected chi connectivity index (χ2v) is 4.61. The van der Waals surface area contributed by atoms with Gasteiger partial charge in [0, 0.05) is 29.1 Å². The molecule has 1 heterocycles. The van der Waals surface area contributed by atoms with Gasteiger partial charge in [0.2, 0.25) is 0 Å². The lowest BCUT2D eigenvalue weighted by atomic mass is 9.98. The number of carbonyl (C=O) groups excluding carboxylic acids is 1. The van der Waals surface area contributed by atoms with Gasteiger partial charge in [0.15, 0.2) is 17.4 Å². The van der Waals surface area contributed by atoms with Gasteiger partial charge in [0.05, 0.1) is 0 Å². The maximum Gasteiger partial charge on any atom is 0.195 e. The summed E-state index contributed by atoms with van der Waals surface area (Å²) < 4.78 is 26.4. The fourth-order valence-electron chi connectivity index (χ4n) is 2.20. The molecule has 104 valence electrons. The Kier molecular flexibility index (Phi) is 3.36. The summed E-state index contributed by atoms with van der Waals surface area (Å²) in [5.41, 5.74) is 1.96. The molecule has 1 aromatic heterocycles. The number of hydrogen-bond donors (Lipinski definition) is 1. The van der Waals surface area contributed by atoms with Gasteiger partial charge in [0.25, 0.3) is 0 Å². The molecule has 0 amide bonds. The van der Waals surface area contributed by atoms with E-state index in [1.807, 2.05) is 6.07 Å². The zero-order chi connectivity index (χ0) is 14.8. The molecule has 0 aliphatic heterocycles. The van der Waals surface area contributed by atoms with Crippen molar-refractivity contribution in [3.63, 3.8) is 0 Å². The number of H-pyrrole nitrogens is 1. The highest BCUT2D eigenvalue weighted by Crippen LogP contribution is 2.26. The number of ketones is 1. The number of benzene rings is 2. The Balaban J connectivity index is 2.05. The van der Waals surface area contributed by atoms with Crippen molar-refractivity contribution in [2.24, 2.45) is 0 Å². The summed E-state index contributed by atoms with van der Waals surface area (Å²) in [5.74, 6) is -2.02. The van der Waals surface area contributed by atoms with Crippen LogP contribution in [0.15, 0.2) is 60.9 Å². The predicted octanol–water partition coefficient (Wildman–Crippen LogP) is 4.19. The number of nitrogens with one attached hydrogen (secondary N) is 1. The Labute approximate surface area is 120 Å². The summed E-state index contributed by atoms with van der Waals surface area (Å²) in [7, 11) is 0. The van der Waals surface area contributed by atoms with E-state index in [1.165, 1.54) is 6.07 Å². The molecule has 0 aliphatic carbocycles. The minimum absolute atomic E-state index is 0.170. The normalized spacial score (nSPS) is 10.6. The maximum atomic E-state index is 13.4. The minimum atomic E-state index is -0.938. The molecule has 3 aromatic rings. The molecule has 2 nitrogen and oxygen atoms in total. The highest BCUT2D eigenvalue weighted by Gasteiger charge is 2.16. The molecule has 0 saturated heterocycles.